The van der Waals surface area contributed by atoms with Gasteiger partial charge in [-0.2, -0.15) is 5.10 Å². The lowest BCUT2D eigenvalue weighted by Gasteiger charge is -2.29. The molecule has 3 aromatic rings. The molecule has 3 aromatic heterocycles. The summed E-state index contributed by atoms with van der Waals surface area (Å²) in [5.74, 6) is 2.31. The third-order valence-corrected chi connectivity index (χ3v) is 5.01. The fraction of sp³-hybridized carbons (Fsp3) is 0.375. The highest BCUT2D eigenvalue weighted by Crippen LogP contribution is 2.32. The van der Waals surface area contributed by atoms with Crippen LogP contribution < -0.4 is 4.74 Å². The molecule has 1 aliphatic rings. The molecular weight excluding hydrogens is 376 g/mol. The van der Waals surface area contributed by atoms with Gasteiger partial charge in [0.2, 0.25) is 5.88 Å². The van der Waals surface area contributed by atoms with Gasteiger partial charge in [-0.3, -0.25) is 0 Å². The van der Waals surface area contributed by atoms with Gasteiger partial charge in [-0.15, -0.1) is 0 Å². The van der Waals surface area contributed by atoms with Crippen LogP contribution in [0.2, 0.25) is 0 Å². The van der Waals surface area contributed by atoms with E-state index in [0.29, 0.717) is 12.5 Å². The molecular formula is C24H28N4O2. The number of ether oxygens (including phenoxy) is 2. The van der Waals surface area contributed by atoms with Gasteiger partial charge in [0.05, 0.1) is 0 Å². The number of nitrogens with zero attached hydrogens (tertiary/aromatic N) is 4. The minimum Gasteiger partial charge on any atom is -0.489 e. The molecule has 1 fully saturated rings. The summed E-state index contributed by atoms with van der Waals surface area (Å²) in [5, 5.41) is 4.22. The zero-order valence-corrected chi connectivity index (χ0v) is 18.1. The number of allylic oxidation sites excluding steroid dienone is 1. The van der Waals surface area contributed by atoms with E-state index >= 15 is 0 Å². The summed E-state index contributed by atoms with van der Waals surface area (Å²) in [5.41, 5.74) is 4.25. The standard InChI is InChI=1S/C24H28N4O2/c1-17-14-26-23(29-16-21(18-7-5-8-18)30-24(2,3)4)13-20(17)19-9-10-22(25-15-19)28-12-6-11-27-28/h6,9-15H,5,7-8,16H2,1-4H3. The molecule has 156 valence electrons. The molecule has 1 aliphatic carbocycles. The van der Waals surface area contributed by atoms with Gasteiger partial charge in [0, 0.05) is 36.4 Å². The molecule has 30 heavy (non-hydrogen) atoms. The molecule has 0 aromatic carbocycles. The van der Waals surface area contributed by atoms with Crippen molar-refractivity contribution in [2.75, 3.05) is 6.61 Å². The minimum absolute atomic E-state index is 0.241. The van der Waals surface area contributed by atoms with E-state index in [0.717, 1.165) is 41.1 Å². The van der Waals surface area contributed by atoms with Crippen LogP contribution in [0.15, 0.2) is 60.4 Å². The highest BCUT2D eigenvalue weighted by atomic mass is 16.5. The van der Waals surface area contributed by atoms with E-state index in [-0.39, 0.29) is 5.60 Å². The monoisotopic (exact) mass is 404 g/mol. The Hall–Kier alpha value is -3.15. The molecule has 3 heterocycles. The topological polar surface area (TPSA) is 62.1 Å². The lowest BCUT2D eigenvalue weighted by atomic mass is 9.91. The molecule has 6 nitrogen and oxygen atoms in total. The molecule has 0 spiro atoms. The van der Waals surface area contributed by atoms with Crippen LogP contribution in [0.3, 0.4) is 0 Å². The fourth-order valence-corrected chi connectivity index (χ4v) is 3.32. The summed E-state index contributed by atoms with van der Waals surface area (Å²) in [6.45, 7) is 8.63. The first-order valence-electron chi connectivity index (χ1n) is 10.3. The third-order valence-electron chi connectivity index (χ3n) is 5.01. The summed E-state index contributed by atoms with van der Waals surface area (Å²) >= 11 is 0. The zero-order valence-electron chi connectivity index (χ0n) is 18.1. The van der Waals surface area contributed by atoms with Crippen LogP contribution in [0.25, 0.3) is 16.9 Å². The van der Waals surface area contributed by atoms with Gasteiger partial charge < -0.3 is 9.47 Å². The maximum absolute atomic E-state index is 6.16. The Kier molecular flexibility index (Phi) is 5.57. The maximum atomic E-state index is 6.16. The highest BCUT2D eigenvalue weighted by Gasteiger charge is 2.22. The van der Waals surface area contributed by atoms with Gasteiger partial charge in [0.1, 0.15) is 18.0 Å². The first-order chi connectivity index (χ1) is 14.4. The van der Waals surface area contributed by atoms with E-state index in [9.17, 15) is 0 Å². The number of aromatic nitrogens is 4. The van der Waals surface area contributed by atoms with Crippen molar-refractivity contribution >= 4 is 0 Å². The summed E-state index contributed by atoms with van der Waals surface area (Å²) in [6.07, 6.45) is 10.7. The Morgan fingerprint density at radius 1 is 1.13 bits per heavy atom. The highest BCUT2D eigenvalue weighted by molar-refractivity contribution is 5.67. The zero-order chi connectivity index (χ0) is 21.1. The third kappa shape index (κ3) is 4.70. The first kappa shape index (κ1) is 20.1. The van der Waals surface area contributed by atoms with Gasteiger partial charge in [0.15, 0.2) is 5.82 Å². The van der Waals surface area contributed by atoms with Crippen molar-refractivity contribution in [2.24, 2.45) is 0 Å². The minimum atomic E-state index is -0.241. The van der Waals surface area contributed by atoms with Crippen LogP contribution in [0.1, 0.15) is 45.6 Å². The quantitative estimate of drug-likeness (QED) is 0.524. The van der Waals surface area contributed by atoms with Gasteiger partial charge >= 0.3 is 0 Å². The Morgan fingerprint density at radius 2 is 1.97 bits per heavy atom. The number of aryl methyl sites for hydroxylation is 1. The smallest absolute Gasteiger partial charge is 0.214 e. The lowest BCUT2D eigenvalue weighted by molar-refractivity contribution is 0.0314. The summed E-state index contributed by atoms with van der Waals surface area (Å²) in [4.78, 5) is 9.00. The van der Waals surface area contributed by atoms with Gasteiger partial charge in [0.25, 0.3) is 0 Å². The van der Waals surface area contributed by atoms with Crippen LogP contribution in [0.4, 0.5) is 0 Å². The normalized spacial score (nSPS) is 13.7. The van der Waals surface area contributed by atoms with Crippen LogP contribution in [0.5, 0.6) is 5.88 Å². The number of hydrogen-bond acceptors (Lipinski definition) is 5. The summed E-state index contributed by atoms with van der Waals surface area (Å²) in [6, 6.07) is 7.85. The maximum Gasteiger partial charge on any atom is 0.214 e. The van der Waals surface area contributed by atoms with Gasteiger partial charge in [-0.25, -0.2) is 14.6 Å². The van der Waals surface area contributed by atoms with E-state index in [1.54, 1.807) is 10.9 Å². The van der Waals surface area contributed by atoms with Crippen molar-refractivity contribution in [3.05, 3.63) is 65.9 Å². The molecule has 0 saturated heterocycles. The Morgan fingerprint density at radius 3 is 2.57 bits per heavy atom. The second kappa shape index (κ2) is 8.30. The molecule has 6 heteroatoms. The fourth-order valence-electron chi connectivity index (χ4n) is 3.32. The van der Waals surface area contributed by atoms with E-state index < -0.39 is 0 Å². The molecule has 1 saturated carbocycles. The first-order valence-corrected chi connectivity index (χ1v) is 10.3. The predicted octanol–water partition coefficient (Wildman–Crippen LogP) is 5.27. The second-order valence-corrected chi connectivity index (χ2v) is 8.58. The number of pyridine rings is 2. The number of hydrogen-bond donors (Lipinski definition) is 0. The van der Waals surface area contributed by atoms with Crippen molar-refractivity contribution in [1.29, 1.82) is 0 Å². The molecule has 0 bridgehead atoms. The molecule has 0 atom stereocenters. The Balaban J connectivity index is 1.52. The average Bonchev–Trinajstić information content (AvgIpc) is 3.19. The van der Waals surface area contributed by atoms with Crippen molar-refractivity contribution in [3.63, 3.8) is 0 Å². The molecule has 0 aliphatic heterocycles. The van der Waals surface area contributed by atoms with E-state index in [2.05, 4.69) is 35.8 Å². The molecule has 0 amide bonds. The van der Waals surface area contributed by atoms with E-state index in [1.807, 2.05) is 49.8 Å². The second-order valence-electron chi connectivity index (χ2n) is 8.58. The van der Waals surface area contributed by atoms with Crippen LogP contribution in [-0.4, -0.2) is 32.0 Å². The van der Waals surface area contributed by atoms with Gasteiger partial charge in [-0.1, -0.05) is 0 Å². The average molecular weight is 405 g/mol. The van der Waals surface area contributed by atoms with Crippen LogP contribution >= 0.6 is 0 Å². The van der Waals surface area contributed by atoms with E-state index in [4.69, 9.17) is 9.47 Å². The summed E-state index contributed by atoms with van der Waals surface area (Å²) < 4.78 is 13.9. The molecule has 4 rings (SSSR count). The Bertz CT molecular complexity index is 1030. The molecule has 0 unspecified atom stereocenters. The van der Waals surface area contributed by atoms with Crippen LogP contribution in [-0.2, 0) is 4.74 Å². The SMILES string of the molecule is Cc1cnc(OCC(OC(C)(C)C)=C2CCC2)cc1-c1ccc(-n2cccn2)nc1. The lowest BCUT2D eigenvalue weighted by Crippen LogP contribution is -2.24. The van der Waals surface area contributed by atoms with Crippen molar-refractivity contribution in [2.45, 2.75) is 52.6 Å². The molecule has 0 N–H and O–H groups in total. The predicted molar refractivity (Wildman–Crippen MR) is 117 cm³/mol. The number of rotatable bonds is 6. The van der Waals surface area contributed by atoms with Gasteiger partial charge in [-0.05, 0) is 81.9 Å². The van der Waals surface area contributed by atoms with Crippen molar-refractivity contribution < 1.29 is 9.47 Å². The van der Waals surface area contributed by atoms with Crippen molar-refractivity contribution in [3.8, 4) is 22.8 Å². The van der Waals surface area contributed by atoms with Crippen molar-refractivity contribution in [1.82, 2.24) is 19.7 Å². The summed E-state index contributed by atoms with van der Waals surface area (Å²) in [7, 11) is 0. The van der Waals surface area contributed by atoms with Crippen LogP contribution in [0, 0.1) is 6.92 Å². The largest absolute Gasteiger partial charge is 0.489 e. The van der Waals surface area contributed by atoms with E-state index in [1.165, 1.54) is 12.0 Å². The molecule has 0 radical (unpaired) electrons. The Labute approximate surface area is 177 Å².